The van der Waals surface area contributed by atoms with Crippen LogP contribution in [0.5, 0.6) is 0 Å². The standard InChI is InChI=1S/2CH2NS4.Zn/c2*3-1(4)2(5)6;/h2*(H2-,3,4,5,6);/q2*-1;+2. The van der Waals surface area contributed by atoms with Gasteiger partial charge in [-0.2, -0.15) is 0 Å². The van der Waals surface area contributed by atoms with Crippen molar-refractivity contribution in [3.8, 4) is 0 Å². The maximum atomic E-state index is 4.36. The van der Waals surface area contributed by atoms with Crippen LogP contribution in [0.25, 0.3) is 0 Å². The predicted octanol–water partition coefficient (Wildman–Crippen LogP) is 0.274. The quantitative estimate of drug-likeness (QED) is 0.120. The molecule has 72 valence electrons. The van der Waals surface area contributed by atoms with Crippen molar-refractivity contribution < 1.29 is 26.3 Å². The van der Waals surface area contributed by atoms with Gasteiger partial charge in [0.05, 0.1) is 0 Å². The number of thiol groups is 4. The summed E-state index contributed by atoms with van der Waals surface area (Å²) in [6, 6.07) is 0. The molecule has 0 rings (SSSR count). The summed E-state index contributed by atoms with van der Waals surface area (Å²) in [5.74, 6) is 0. The zero-order chi connectivity index (χ0) is 10.3. The fraction of sp³-hybridized carbons (Fsp3) is 0. The Morgan fingerprint density at radius 3 is 0.769 bits per heavy atom. The molecule has 0 aromatic heterocycles. The summed E-state index contributed by atoms with van der Waals surface area (Å²) in [6.07, 6.45) is 0. The van der Waals surface area contributed by atoms with Crippen molar-refractivity contribution in [2.24, 2.45) is 0 Å². The molecule has 0 atom stereocenters. The molecule has 0 unspecified atom stereocenters. The fourth-order valence-electron chi connectivity index (χ4n) is 0. The van der Waals surface area contributed by atoms with Crippen LogP contribution in [0.2, 0.25) is 0 Å². The van der Waals surface area contributed by atoms with Crippen molar-refractivity contribution in [1.82, 2.24) is 0 Å². The van der Waals surface area contributed by atoms with E-state index in [-0.39, 0.29) is 19.5 Å². The van der Waals surface area contributed by atoms with Crippen LogP contribution in [-0.2, 0) is 70.7 Å². The average molecular weight is 378 g/mol. The molecule has 0 bridgehead atoms. The molecule has 0 amide bonds. The summed E-state index contributed by atoms with van der Waals surface area (Å²) in [5.41, 5.74) is 0. The van der Waals surface area contributed by atoms with Crippen molar-refractivity contribution in [3.05, 3.63) is 0 Å². The molecule has 0 fully saturated rings. The number of rotatable bonds is 0. The normalized spacial score (nSPS) is 7.08. The third-order valence-electron chi connectivity index (χ3n) is 0.327. The maximum Gasteiger partial charge on any atom is 2.00 e. The maximum absolute atomic E-state index is 4.36. The Balaban J connectivity index is -0.000000143. The zero-order valence-electron chi connectivity index (χ0n) is 6.02. The Bertz CT molecular complexity index is 142. The van der Waals surface area contributed by atoms with Gasteiger partial charge in [0.15, 0.2) is 0 Å². The molecule has 0 saturated heterocycles. The van der Waals surface area contributed by atoms with Crippen LogP contribution in [0, 0.1) is 0 Å². The first-order valence-electron chi connectivity index (χ1n) is 2.07. The van der Waals surface area contributed by atoms with E-state index < -0.39 is 0 Å². The number of hydrogen-bond donors (Lipinski definition) is 4. The van der Waals surface area contributed by atoms with Gasteiger partial charge in [-0.05, 0) is 0 Å². The Morgan fingerprint density at radius 2 is 0.769 bits per heavy atom. The molecule has 0 saturated carbocycles. The van der Waals surface area contributed by atoms with Gasteiger partial charge < -0.3 is 58.0 Å². The van der Waals surface area contributed by atoms with E-state index in [1.165, 1.54) is 0 Å². The van der Waals surface area contributed by atoms with Crippen molar-refractivity contribution in [1.29, 1.82) is 0 Å². The number of nitrogens with zero attached hydrogens (tertiary/aromatic N) is 2. The summed E-state index contributed by atoms with van der Waals surface area (Å²) in [5, 5.41) is 0. The van der Waals surface area contributed by atoms with Crippen LogP contribution in [-0.4, -0.2) is 15.5 Å². The van der Waals surface area contributed by atoms with E-state index >= 15 is 0 Å². The second-order valence-electron chi connectivity index (χ2n) is 1.11. The Hall–Kier alpha value is 2.24. The first kappa shape index (κ1) is 20.6. The molecule has 2 nitrogen and oxygen atoms in total. The molecule has 0 aliphatic carbocycles. The first-order chi connectivity index (χ1) is 5.29. The summed E-state index contributed by atoms with van der Waals surface area (Å²) in [4.78, 5) is 0. The van der Waals surface area contributed by atoms with E-state index in [9.17, 15) is 0 Å². The van der Waals surface area contributed by atoms with Crippen LogP contribution >= 0.6 is 50.5 Å². The predicted molar refractivity (Wildman–Crippen MR) is 75.9 cm³/mol. The molecule has 0 aromatic rings. The summed E-state index contributed by atoms with van der Waals surface area (Å²) in [6.45, 7) is 0. The van der Waals surface area contributed by atoms with Gasteiger partial charge in [0.25, 0.3) is 0 Å². The van der Waals surface area contributed by atoms with Crippen LogP contribution in [0.4, 0.5) is 0 Å². The van der Waals surface area contributed by atoms with Crippen LogP contribution in [0.15, 0.2) is 0 Å². The smallest absolute Gasteiger partial charge is 0.452 e. The van der Waals surface area contributed by atoms with E-state index in [2.05, 4.69) is 102 Å². The van der Waals surface area contributed by atoms with Gasteiger partial charge in [-0.1, -0.05) is 50.5 Å². The molecular formula is C2H4N2S8Zn. The largest absolute Gasteiger partial charge is 2.00 e. The fourth-order valence-corrected chi connectivity index (χ4v) is 0. The molecule has 11 heteroatoms. The van der Waals surface area contributed by atoms with E-state index in [4.69, 9.17) is 0 Å². The summed E-state index contributed by atoms with van der Waals surface area (Å²) in [7, 11) is 0. The Morgan fingerprint density at radius 1 is 0.692 bits per heavy atom. The van der Waals surface area contributed by atoms with E-state index in [1.54, 1.807) is 0 Å². The van der Waals surface area contributed by atoms with Crippen LogP contribution in [0.1, 0.15) is 0 Å². The zero-order valence-corrected chi connectivity index (χ0v) is 15.8. The van der Waals surface area contributed by atoms with Crippen molar-refractivity contribution >= 4 is 111 Å². The molecule has 0 radical (unpaired) electrons. The number of hydrogen-bond acceptors (Lipinski definition) is 4. The topological polar surface area (TPSA) is 6.02 Å². The van der Waals surface area contributed by atoms with Gasteiger partial charge >= 0.3 is 19.5 Å². The second kappa shape index (κ2) is 12.3. The van der Waals surface area contributed by atoms with Crippen LogP contribution < -0.4 is 0 Å². The van der Waals surface area contributed by atoms with Gasteiger partial charge in [0.1, 0.15) is 0 Å². The average Bonchev–Trinajstić information content (AvgIpc) is 1.88. The van der Waals surface area contributed by atoms with Crippen LogP contribution in [0.3, 0.4) is 0 Å². The Labute approximate surface area is 135 Å². The Kier molecular flexibility index (Phi) is 19.5. The van der Waals surface area contributed by atoms with Crippen molar-refractivity contribution in [2.45, 2.75) is 0 Å². The third kappa shape index (κ3) is 20.3. The van der Waals surface area contributed by atoms with E-state index in [1.807, 2.05) is 0 Å². The van der Waals surface area contributed by atoms with Gasteiger partial charge in [0, 0.05) is 0 Å². The first-order valence-corrected chi connectivity index (χ1v) is 5.32. The minimum atomic E-state index is 0. The molecule has 0 aliphatic heterocycles. The molecule has 0 spiro atoms. The SMILES string of the molecule is [S-][N+]([S-])=C(S)S.[S-][N+]([S-])=C(S)S.[Zn+2]. The third-order valence-corrected chi connectivity index (χ3v) is 2.94. The molecule has 0 aromatic carbocycles. The molecule has 0 N–H and O–H groups in total. The molecule has 0 heterocycles. The summed E-state index contributed by atoms with van der Waals surface area (Å²) < 4.78 is 2.68. The van der Waals surface area contributed by atoms with Crippen molar-refractivity contribution in [3.63, 3.8) is 0 Å². The van der Waals surface area contributed by atoms with E-state index in [0.717, 1.165) is 6.77 Å². The molecule has 13 heavy (non-hydrogen) atoms. The van der Waals surface area contributed by atoms with Crippen molar-refractivity contribution in [2.75, 3.05) is 0 Å². The minimum absolute atomic E-state index is 0. The minimum Gasteiger partial charge on any atom is -0.452 e. The summed E-state index contributed by atoms with van der Waals surface area (Å²) >= 11 is 32.2. The van der Waals surface area contributed by atoms with Gasteiger partial charge in [-0.25, -0.2) is 0 Å². The van der Waals surface area contributed by atoms with Gasteiger partial charge in [0.2, 0.25) is 8.75 Å². The second-order valence-corrected chi connectivity index (χ2v) is 5.44. The monoisotopic (exact) mass is 376 g/mol. The van der Waals surface area contributed by atoms with Gasteiger partial charge in [-0.15, -0.1) is 0 Å². The molecule has 0 aliphatic rings. The van der Waals surface area contributed by atoms with Gasteiger partial charge in [-0.3, -0.25) is 0 Å². The molecular weight excluding hydrogens is 374 g/mol. The van der Waals surface area contributed by atoms with E-state index in [0.29, 0.717) is 8.75 Å².